The standard InChI is InChI=1S/C15H20N2O5/c1-15(14(18)19)7-9-16(11-15)8-2-10-22-13-5-3-12(4-6-13)17(20)21/h3-6H,2,7-11H2,1H3,(H,18,19). The number of hydrogen-bond donors (Lipinski definition) is 1. The summed E-state index contributed by atoms with van der Waals surface area (Å²) in [6.45, 7) is 4.43. The number of benzene rings is 1. The van der Waals surface area contributed by atoms with Crippen LogP contribution in [0.15, 0.2) is 24.3 Å². The molecule has 0 spiro atoms. The van der Waals surface area contributed by atoms with Gasteiger partial charge in [0.25, 0.3) is 5.69 Å². The van der Waals surface area contributed by atoms with Crippen molar-refractivity contribution >= 4 is 11.7 Å². The van der Waals surface area contributed by atoms with Gasteiger partial charge in [-0.25, -0.2) is 0 Å². The number of nitro groups is 1. The van der Waals surface area contributed by atoms with E-state index in [4.69, 9.17) is 4.74 Å². The molecule has 120 valence electrons. The van der Waals surface area contributed by atoms with Crippen LogP contribution in [0.3, 0.4) is 0 Å². The summed E-state index contributed by atoms with van der Waals surface area (Å²) in [4.78, 5) is 23.4. The fourth-order valence-electron chi connectivity index (χ4n) is 2.56. The third kappa shape index (κ3) is 3.94. The molecule has 0 saturated carbocycles. The highest BCUT2D eigenvalue weighted by Gasteiger charge is 2.39. The first-order valence-electron chi connectivity index (χ1n) is 7.24. The normalized spacial score (nSPS) is 21.7. The van der Waals surface area contributed by atoms with Gasteiger partial charge in [0, 0.05) is 25.2 Å². The van der Waals surface area contributed by atoms with Gasteiger partial charge in [0.1, 0.15) is 5.75 Å². The highest BCUT2D eigenvalue weighted by atomic mass is 16.6. The number of likely N-dealkylation sites (tertiary alicyclic amines) is 1. The molecular formula is C15H20N2O5. The number of hydrogen-bond acceptors (Lipinski definition) is 5. The first-order chi connectivity index (χ1) is 10.4. The molecule has 1 aliphatic rings. The van der Waals surface area contributed by atoms with Gasteiger partial charge in [0.15, 0.2) is 0 Å². The fourth-order valence-corrected chi connectivity index (χ4v) is 2.56. The maximum atomic E-state index is 11.2. The Morgan fingerprint density at radius 1 is 1.45 bits per heavy atom. The van der Waals surface area contributed by atoms with E-state index in [2.05, 4.69) is 4.90 Å². The molecule has 1 aromatic carbocycles. The Hall–Kier alpha value is -2.15. The van der Waals surface area contributed by atoms with Gasteiger partial charge in [-0.3, -0.25) is 14.9 Å². The zero-order valence-electron chi connectivity index (χ0n) is 12.5. The van der Waals surface area contributed by atoms with E-state index in [1.165, 1.54) is 12.1 Å². The first-order valence-corrected chi connectivity index (χ1v) is 7.24. The number of ether oxygens (including phenoxy) is 1. The molecular weight excluding hydrogens is 288 g/mol. The van der Waals surface area contributed by atoms with Crippen LogP contribution >= 0.6 is 0 Å². The predicted molar refractivity (Wildman–Crippen MR) is 80.0 cm³/mol. The zero-order valence-corrected chi connectivity index (χ0v) is 12.5. The van der Waals surface area contributed by atoms with Gasteiger partial charge in [-0.15, -0.1) is 0 Å². The van der Waals surface area contributed by atoms with E-state index in [-0.39, 0.29) is 5.69 Å². The number of carboxylic acids is 1. The molecule has 22 heavy (non-hydrogen) atoms. The summed E-state index contributed by atoms with van der Waals surface area (Å²) in [6, 6.07) is 5.98. The van der Waals surface area contributed by atoms with Crippen LogP contribution in [0.2, 0.25) is 0 Å². The molecule has 1 N–H and O–H groups in total. The number of carboxylic acid groups (broad SMARTS) is 1. The van der Waals surface area contributed by atoms with Crippen molar-refractivity contribution in [2.45, 2.75) is 19.8 Å². The minimum absolute atomic E-state index is 0.0392. The SMILES string of the molecule is CC1(C(=O)O)CCN(CCCOc2ccc([N+](=O)[O-])cc2)C1. The van der Waals surface area contributed by atoms with Gasteiger partial charge in [-0.2, -0.15) is 0 Å². The van der Waals surface area contributed by atoms with Crippen molar-refractivity contribution in [2.24, 2.45) is 5.41 Å². The molecule has 0 amide bonds. The highest BCUT2D eigenvalue weighted by Crippen LogP contribution is 2.30. The Morgan fingerprint density at radius 3 is 2.68 bits per heavy atom. The van der Waals surface area contributed by atoms with Crippen molar-refractivity contribution in [2.75, 3.05) is 26.2 Å². The second-order valence-electron chi connectivity index (χ2n) is 5.84. The monoisotopic (exact) mass is 308 g/mol. The molecule has 1 fully saturated rings. The van der Waals surface area contributed by atoms with E-state index in [1.807, 2.05) is 0 Å². The van der Waals surface area contributed by atoms with Gasteiger partial charge in [0.2, 0.25) is 0 Å². The maximum Gasteiger partial charge on any atom is 0.310 e. The summed E-state index contributed by atoms with van der Waals surface area (Å²) in [7, 11) is 0. The average Bonchev–Trinajstić information content (AvgIpc) is 2.87. The number of nitro benzene ring substituents is 1. The molecule has 2 rings (SSSR count). The van der Waals surface area contributed by atoms with Gasteiger partial charge in [0.05, 0.1) is 16.9 Å². The Bertz CT molecular complexity index is 545. The third-order valence-electron chi connectivity index (χ3n) is 4.00. The lowest BCUT2D eigenvalue weighted by atomic mass is 9.90. The number of carbonyl (C=O) groups is 1. The molecule has 1 saturated heterocycles. The van der Waals surface area contributed by atoms with Crippen LogP contribution < -0.4 is 4.74 Å². The van der Waals surface area contributed by atoms with E-state index < -0.39 is 16.3 Å². The Kier molecular flexibility index (Phi) is 4.97. The van der Waals surface area contributed by atoms with Crippen LogP contribution in [0.4, 0.5) is 5.69 Å². The van der Waals surface area contributed by atoms with Crippen LogP contribution in [0.25, 0.3) is 0 Å². The lowest BCUT2D eigenvalue weighted by molar-refractivity contribution is -0.384. The van der Waals surface area contributed by atoms with Gasteiger partial charge >= 0.3 is 5.97 Å². The minimum atomic E-state index is -0.739. The number of aliphatic carboxylic acids is 1. The van der Waals surface area contributed by atoms with Crippen LogP contribution in [0.1, 0.15) is 19.8 Å². The van der Waals surface area contributed by atoms with Crippen LogP contribution in [-0.2, 0) is 4.79 Å². The number of non-ortho nitro benzene ring substituents is 1. The lowest BCUT2D eigenvalue weighted by Gasteiger charge is -2.19. The van der Waals surface area contributed by atoms with Crippen LogP contribution in [0.5, 0.6) is 5.75 Å². The van der Waals surface area contributed by atoms with Crippen molar-refractivity contribution in [3.8, 4) is 5.75 Å². The Labute approximate surface area is 128 Å². The number of rotatable bonds is 7. The molecule has 7 nitrogen and oxygen atoms in total. The molecule has 0 aliphatic carbocycles. The van der Waals surface area contributed by atoms with Gasteiger partial charge < -0.3 is 14.7 Å². The molecule has 0 aromatic heterocycles. The fraction of sp³-hybridized carbons (Fsp3) is 0.533. The summed E-state index contributed by atoms with van der Waals surface area (Å²) in [5.41, 5.74) is -0.600. The van der Waals surface area contributed by atoms with E-state index in [0.717, 1.165) is 19.5 Å². The predicted octanol–water partition coefficient (Wildman–Crippen LogP) is 2.16. The largest absolute Gasteiger partial charge is 0.494 e. The van der Waals surface area contributed by atoms with E-state index in [1.54, 1.807) is 19.1 Å². The van der Waals surface area contributed by atoms with Crippen LogP contribution in [0, 0.1) is 15.5 Å². The summed E-state index contributed by atoms with van der Waals surface area (Å²) in [5, 5.41) is 19.7. The van der Waals surface area contributed by atoms with Crippen molar-refractivity contribution in [3.63, 3.8) is 0 Å². The second-order valence-corrected chi connectivity index (χ2v) is 5.84. The molecule has 1 aliphatic heterocycles. The molecule has 1 unspecified atom stereocenters. The molecule has 0 radical (unpaired) electrons. The third-order valence-corrected chi connectivity index (χ3v) is 4.00. The van der Waals surface area contributed by atoms with Crippen molar-refractivity contribution in [1.29, 1.82) is 0 Å². The maximum absolute atomic E-state index is 11.2. The quantitative estimate of drug-likeness (QED) is 0.471. The molecule has 1 heterocycles. The lowest BCUT2D eigenvalue weighted by Crippen LogP contribution is -2.32. The first kappa shape index (κ1) is 16.2. The Balaban J connectivity index is 1.70. The summed E-state index contributed by atoms with van der Waals surface area (Å²) in [6.07, 6.45) is 1.46. The molecule has 0 bridgehead atoms. The van der Waals surface area contributed by atoms with Gasteiger partial charge in [-0.05, 0) is 38.4 Å². The number of nitrogens with zero attached hydrogens (tertiary/aromatic N) is 2. The summed E-state index contributed by atoms with van der Waals surface area (Å²) in [5.74, 6) is -0.139. The molecule has 1 aromatic rings. The van der Waals surface area contributed by atoms with E-state index in [0.29, 0.717) is 25.3 Å². The van der Waals surface area contributed by atoms with E-state index >= 15 is 0 Å². The van der Waals surface area contributed by atoms with Crippen LogP contribution in [-0.4, -0.2) is 47.1 Å². The average molecular weight is 308 g/mol. The van der Waals surface area contributed by atoms with Crippen molar-refractivity contribution in [1.82, 2.24) is 4.90 Å². The van der Waals surface area contributed by atoms with E-state index in [9.17, 15) is 20.0 Å². The highest BCUT2D eigenvalue weighted by molar-refractivity contribution is 5.74. The van der Waals surface area contributed by atoms with Crippen molar-refractivity contribution < 1.29 is 19.6 Å². The summed E-state index contributed by atoms with van der Waals surface area (Å²) >= 11 is 0. The minimum Gasteiger partial charge on any atom is -0.494 e. The zero-order chi connectivity index (χ0) is 16.2. The topological polar surface area (TPSA) is 92.9 Å². The van der Waals surface area contributed by atoms with Gasteiger partial charge in [-0.1, -0.05) is 0 Å². The smallest absolute Gasteiger partial charge is 0.310 e. The van der Waals surface area contributed by atoms with Crippen molar-refractivity contribution in [3.05, 3.63) is 34.4 Å². The molecule has 7 heteroatoms. The molecule has 1 atom stereocenters. The second kappa shape index (κ2) is 6.74. The Morgan fingerprint density at radius 2 is 2.14 bits per heavy atom. The summed E-state index contributed by atoms with van der Waals surface area (Å²) < 4.78 is 5.53.